The van der Waals surface area contributed by atoms with Gasteiger partial charge in [0, 0.05) is 12.1 Å². The van der Waals surface area contributed by atoms with E-state index in [1.807, 2.05) is 41.1 Å². The highest BCUT2D eigenvalue weighted by atomic mass is 16.2. The van der Waals surface area contributed by atoms with Gasteiger partial charge in [0.15, 0.2) is 0 Å². The van der Waals surface area contributed by atoms with E-state index >= 15 is 0 Å². The summed E-state index contributed by atoms with van der Waals surface area (Å²) >= 11 is 0. The number of aromatic nitrogens is 2. The van der Waals surface area contributed by atoms with Crippen LogP contribution in [0.1, 0.15) is 34.7 Å². The van der Waals surface area contributed by atoms with Gasteiger partial charge in [-0.25, -0.2) is 4.68 Å². The highest BCUT2D eigenvalue weighted by Gasteiger charge is 2.27. The summed E-state index contributed by atoms with van der Waals surface area (Å²) in [5.41, 5.74) is 4.97. The summed E-state index contributed by atoms with van der Waals surface area (Å²) in [4.78, 5) is 12.2. The molecular formula is C21H22N4O. The molecule has 1 aromatic heterocycles. The summed E-state index contributed by atoms with van der Waals surface area (Å²) in [6.07, 6.45) is 0.979. The fraction of sp³-hybridized carbons (Fsp3) is 0.238. The molecule has 3 aromatic rings. The number of rotatable bonds is 5. The minimum Gasteiger partial charge on any atom is -0.347 e. The largest absolute Gasteiger partial charge is 0.347 e. The van der Waals surface area contributed by atoms with E-state index < -0.39 is 0 Å². The molecule has 0 bridgehead atoms. The summed E-state index contributed by atoms with van der Waals surface area (Å²) in [6, 6.07) is 20.4. The number of nitrogens with zero attached hydrogens (tertiary/aromatic N) is 2. The highest BCUT2D eigenvalue weighted by molar-refractivity contribution is 5.94. The van der Waals surface area contributed by atoms with Crippen LogP contribution in [-0.4, -0.2) is 22.2 Å². The molecule has 26 heavy (non-hydrogen) atoms. The van der Waals surface area contributed by atoms with Crippen LogP contribution in [0.3, 0.4) is 0 Å². The van der Waals surface area contributed by atoms with Crippen LogP contribution >= 0.6 is 0 Å². The zero-order chi connectivity index (χ0) is 17.9. The zero-order valence-corrected chi connectivity index (χ0v) is 14.8. The smallest absolute Gasteiger partial charge is 0.269 e. The molecule has 0 spiro atoms. The maximum absolute atomic E-state index is 12.2. The lowest BCUT2D eigenvalue weighted by Gasteiger charge is -2.25. The lowest BCUT2D eigenvalue weighted by molar-refractivity contribution is 0.0900. The van der Waals surface area contributed by atoms with Crippen molar-refractivity contribution in [3.05, 3.63) is 77.5 Å². The van der Waals surface area contributed by atoms with E-state index in [4.69, 9.17) is 0 Å². The van der Waals surface area contributed by atoms with Gasteiger partial charge in [-0.1, -0.05) is 61.5 Å². The van der Waals surface area contributed by atoms with Crippen LogP contribution in [0.15, 0.2) is 60.7 Å². The van der Waals surface area contributed by atoms with Gasteiger partial charge in [-0.3, -0.25) is 10.1 Å². The number of fused-ring (bicyclic) bond motifs is 1. The standard InChI is InChI=1S/C21H22N4O/c1-2-15-8-10-16(11-9-15)13-22-20-14-23-21(26)19-12-18(24-25(19)20)17-6-4-3-5-7-17/h3-12,20,22H,2,13-14H2,1H3,(H,23,26)/t20-/m0/s1. The molecule has 2 N–H and O–H groups in total. The van der Waals surface area contributed by atoms with E-state index in [2.05, 4.69) is 46.9 Å². The molecule has 5 heteroatoms. The van der Waals surface area contributed by atoms with Crippen LogP contribution in [0.2, 0.25) is 0 Å². The summed E-state index contributed by atoms with van der Waals surface area (Å²) in [6.45, 7) is 3.40. The first kappa shape index (κ1) is 16.5. The monoisotopic (exact) mass is 346 g/mol. The minimum atomic E-state index is -0.0787. The molecule has 0 saturated heterocycles. The van der Waals surface area contributed by atoms with Crippen molar-refractivity contribution in [3.63, 3.8) is 0 Å². The minimum absolute atomic E-state index is 0.0639. The number of benzene rings is 2. The van der Waals surface area contributed by atoms with Crippen LogP contribution < -0.4 is 10.6 Å². The van der Waals surface area contributed by atoms with E-state index in [0.717, 1.165) is 24.2 Å². The fourth-order valence-electron chi connectivity index (χ4n) is 3.21. The summed E-state index contributed by atoms with van der Waals surface area (Å²) in [5.74, 6) is -0.0787. The molecule has 0 unspecified atom stereocenters. The van der Waals surface area contributed by atoms with Crippen molar-refractivity contribution >= 4 is 5.91 Å². The van der Waals surface area contributed by atoms with Gasteiger partial charge in [0.2, 0.25) is 0 Å². The van der Waals surface area contributed by atoms with Gasteiger partial charge in [-0.05, 0) is 23.6 Å². The lowest BCUT2D eigenvalue weighted by Crippen LogP contribution is -2.45. The van der Waals surface area contributed by atoms with Crippen molar-refractivity contribution < 1.29 is 4.79 Å². The molecule has 4 rings (SSSR count). The Hall–Kier alpha value is -2.92. The second-order valence-corrected chi connectivity index (χ2v) is 6.50. The van der Waals surface area contributed by atoms with Crippen LogP contribution in [0.4, 0.5) is 0 Å². The second kappa shape index (κ2) is 7.14. The lowest BCUT2D eigenvalue weighted by atomic mass is 10.1. The summed E-state index contributed by atoms with van der Waals surface area (Å²) < 4.78 is 1.81. The SMILES string of the molecule is CCc1ccc(CN[C@@H]2CNC(=O)c3cc(-c4ccccc4)nn32)cc1. The molecule has 1 aliphatic rings. The number of nitrogens with one attached hydrogen (secondary N) is 2. The molecule has 0 radical (unpaired) electrons. The van der Waals surface area contributed by atoms with Crippen molar-refractivity contribution in [2.24, 2.45) is 0 Å². The third-order valence-electron chi connectivity index (χ3n) is 4.76. The van der Waals surface area contributed by atoms with Gasteiger partial charge in [-0.15, -0.1) is 0 Å². The number of aryl methyl sites for hydroxylation is 1. The number of hydrogen-bond acceptors (Lipinski definition) is 3. The molecule has 1 atom stereocenters. The third kappa shape index (κ3) is 3.26. The predicted octanol–water partition coefficient (Wildman–Crippen LogP) is 3.14. The Morgan fingerprint density at radius 2 is 1.85 bits per heavy atom. The van der Waals surface area contributed by atoms with Crippen LogP contribution in [0, 0.1) is 0 Å². The molecule has 2 aromatic carbocycles. The molecule has 0 aliphatic carbocycles. The fourth-order valence-corrected chi connectivity index (χ4v) is 3.21. The number of hydrogen-bond donors (Lipinski definition) is 2. The first-order chi connectivity index (χ1) is 12.7. The second-order valence-electron chi connectivity index (χ2n) is 6.50. The predicted molar refractivity (Wildman–Crippen MR) is 102 cm³/mol. The average Bonchev–Trinajstić information content (AvgIpc) is 3.15. The highest BCUT2D eigenvalue weighted by Crippen LogP contribution is 2.22. The molecular weight excluding hydrogens is 324 g/mol. The molecule has 132 valence electrons. The average molecular weight is 346 g/mol. The van der Waals surface area contributed by atoms with Gasteiger partial charge in [0.25, 0.3) is 5.91 Å². The van der Waals surface area contributed by atoms with Crippen molar-refractivity contribution in [1.82, 2.24) is 20.4 Å². The normalized spacial score (nSPS) is 16.2. The summed E-state index contributed by atoms with van der Waals surface area (Å²) in [5, 5.41) is 11.1. The number of carbonyl (C=O) groups is 1. The van der Waals surface area contributed by atoms with Crippen molar-refractivity contribution in [1.29, 1.82) is 0 Å². The maximum Gasteiger partial charge on any atom is 0.269 e. The molecule has 5 nitrogen and oxygen atoms in total. The van der Waals surface area contributed by atoms with Gasteiger partial charge < -0.3 is 5.32 Å². The Morgan fingerprint density at radius 3 is 2.58 bits per heavy atom. The van der Waals surface area contributed by atoms with Crippen LogP contribution in [0.25, 0.3) is 11.3 Å². The van der Waals surface area contributed by atoms with E-state index in [0.29, 0.717) is 12.2 Å². The van der Waals surface area contributed by atoms with Gasteiger partial charge in [0.1, 0.15) is 11.9 Å². The van der Waals surface area contributed by atoms with E-state index in [9.17, 15) is 4.79 Å². The first-order valence-corrected chi connectivity index (χ1v) is 8.99. The molecule has 1 amide bonds. The van der Waals surface area contributed by atoms with Crippen molar-refractivity contribution in [2.75, 3.05) is 6.54 Å². The Morgan fingerprint density at radius 1 is 1.12 bits per heavy atom. The van der Waals surface area contributed by atoms with Gasteiger partial charge >= 0.3 is 0 Å². The van der Waals surface area contributed by atoms with E-state index in [1.54, 1.807) is 0 Å². The Kier molecular flexibility index (Phi) is 4.54. The Balaban J connectivity index is 1.54. The number of carbonyl (C=O) groups excluding carboxylic acids is 1. The van der Waals surface area contributed by atoms with Crippen LogP contribution in [0.5, 0.6) is 0 Å². The third-order valence-corrected chi connectivity index (χ3v) is 4.76. The first-order valence-electron chi connectivity index (χ1n) is 8.99. The molecule has 2 heterocycles. The summed E-state index contributed by atoms with van der Waals surface area (Å²) in [7, 11) is 0. The topological polar surface area (TPSA) is 58.9 Å². The van der Waals surface area contributed by atoms with Crippen molar-refractivity contribution in [2.45, 2.75) is 26.1 Å². The molecule has 1 aliphatic heterocycles. The van der Waals surface area contributed by atoms with Gasteiger partial charge in [0.05, 0.1) is 12.2 Å². The van der Waals surface area contributed by atoms with Gasteiger partial charge in [-0.2, -0.15) is 5.10 Å². The Bertz CT molecular complexity index is 900. The number of amides is 1. The Labute approximate surface area is 153 Å². The zero-order valence-electron chi connectivity index (χ0n) is 14.8. The quantitative estimate of drug-likeness (QED) is 0.746. The van der Waals surface area contributed by atoms with Crippen LogP contribution in [-0.2, 0) is 13.0 Å². The van der Waals surface area contributed by atoms with E-state index in [1.165, 1.54) is 11.1 Å². The van der Waals surface area contributed by atoms with E-state index in [-0.39, 0.29) is 12.1 Å². The molecule has 0 saturated carbocycles. The molecule has 0 fully saturated rings. The maximum atomic E-state index is 12.2. The van der Waals surface area contributed by atoms with Crippen molar-refractivity contribution in [3.8, 4) is 11.3 Å².